The minimum Gasteiger partial charge on any atom is -0.319 e. The van der Waals surface area contributed by atoms with Gasteiger partial charge in [-0.3, -0.25) is 0 Å². The van der Waals surface area contributed by atoms with Gasteiger partial charge in [0.1, 0.15) is 0 Å². The largest absolute Gasteiger partial charge is 0.319 e. The lowest BCUT2D eigenvalue weighted by Gasteiger charge is -2.19. The third kappa shape index (κ3) is 8.04. The second-order valence-electron chi connectivity index (χ2n) is 3.75. The van der Waals surface area contributed by atoms with Crippen LogP contribution in [-0.2, 0) is 10.0 Å². The average molecular weight is 251 g/mol. The fourth-order valence-corrected chi connectivity index (χ4v) is 2.43. The number of sulfonamides is 1. The average Bonchev–Trinajstić information content (AvgIpc) is 2.25. The van der Waals surface area contributed by atoms with Crippen LogP contribution in [-0.4, -0.2) is 58.8 Å². The molecule has 0 aliphatic carbocycles. The summed E-state index contributed by atoms with van der Waals surface area (Å²) in [6.45, 7) is 7.97. The van der Waals surface area contributed by atoms with E-state index in [-0.39, 0.29) is 5.75 Å². The summed E-state index contributed by atoms with van der Waals surface area (Å²) in [6.07, 6.45) is 1.10. The molecule has 6 heteroatoms. The van der Waals surface area contributed by atoms with E-state index >= 15 is 0 Å². The van der Waals surface area contributed by atoms with Crippen LogP contribution >= 0.6 is 0 Å². The molecular formula is C10H25N3O2S. The molecule has 0 rings (SSSR count). The third-order valence-corrected chi connectivity index (χ3v) is 3.74. The van der Waals surface area contributed by atoms with Crippen LogP contribution in [0.2, 0.25) is 0 Å². The van der Waals surface area contributed by atoms with Crippen molar-refractivity contribution in [2.75, 3.05) is 45.5 Å². The molecule has 0 bridgehead atoms. The highest BCUT2D eigenvalue weighted by Gasteiger charge is 2.09. The Bertz CT molecular complexity index is 255. The summed E-state index contributed by atoms with van der Waals surface area (Å²) in [5.74, 6) is 0.142. The number of rotatable bonds is 10. The number of hydrogen-bond acceptors (Lipinski definition) is 4. The number of likely N-dealkylation sites (N-methyl/N-ethyl adjacent to an activating group) is 1. The molecule has 0 aromatic heterocycles. The lowest BCUT2D eigenvalue weighted by molar-refractivity contribution is 0.293. The fraction of sp³-hybridized carbons (Fsp3) is 1.00. The molecule has 0 unspecified atom stereocenters. The Labute approximate surface area is 99.6 Å². The number of hydrogen-bond donors (Lipinski definition) is 2. The van der Waals surface area contributed by atoms with E-state index in [1.54, 1.807) is 7.05 Å². The minimum absolute atomic E-state index is 0.142. The maximum Gasteiger partial charge on any atom is 0.212 e. The smallest absolute Gasteiger partial charge is 0.212 e. The highest BCUT2D eigenvalue weighted by atomic mass is 32.2. The van der Waals surface area contributed by atoms with E-state index in [4.69, 9.17) is 0 Å². The third-order valence-electron chi connectivity index (χ3n) is 2.36. The Morgan fingerprint density at radius 1 is 1.12 bits per heavy atom. The van der Waals surface area contributed by atoms with Crippen molar-refractivity contribution in [2.24, 2.45) is 0 Å². The van der Waals surface area contributed by atoms with Crippen molar-refractivity contribution >= 4 is 10.0 Å². The van der Waals surface area contributed by atoms with Crippen molar-refractivity contribution < 1.29 is 8.42 Å². The molecule has 0 saturated carbocycles. The lowest BCUT2D eigenvalue weighted by atomic mass is 10.4. The van der Waals surface area contributed by atoms with Crippen molar-refractivity contribution in [1.29, 1.82) is 0 Å². The molecule has 0 spiro atoms. The second-order valence-corrected chi connectivity index (χ2v) is 5.68. The zero-order chi connectivity index (χ0) is 12.4. The first-order chi connectivity index (χ1) is 7.55. The van der Waals surface area contributed by atoms with Crippen LogP contribution in [0.15, 0.2) is 0 Å². The maximum absolute atomic E-state index is 11.4. The Morgan fingerprint density at radius 3 is 2.31 bits per heavy atom. The van der Waals surface area contributed by atoms with Crippen molar-refractivity contribution in [3.05, 3.63) is 0 Å². The van der Waals surface area contributed by atoms with Crippen molar-refractivity contribution in [3.8, 4) is 0 Å². The normalized spacial score (nSPS) is 12.2. The molecule has 0 aromatic carbocycles. The first kappa shape index (κ1) is 15.8. The van der Waals surface area contributed by atoms with Crippen LogP contribution in [0.1, 0.15) is 20.3 Å². The zero-order valence-corrected chi connectivity index (χ0v) is 11.4. The van der Waals surface area contributed by atoms with Gasteiger partial charge in [0, 0.05) is 19.6 Å². The van der Waals surface area contributed by atoms with Gasteiger partial charge in [0.2, 0.25) is 10.0 Å². The number of nitrogens with one attached hydrogen (secondary N) is 2. The predicted molar refractivity (Wildman–Crippen MR) is 68.1 cm³/mol. The van der Waals surface area contributed by atoms with Crippen molar-refractivity contribution in [3.63, 3.8) is 0 Å². The van der Waals surface area contributed by atoms with E-state index < -0.39 is 10.0 Å². The number of nitrogens with zero attached hydrogens (tertiary/aromatic N) is 1. The van der Waals surface area contributed by atoms with Crippen molar-refractivity contribution in [2.45, 2.75) is 20.3 Å². The second kappa shape index (κ2) is 8.92. The molecule has 0 amide bonds. The topological polar surface area (TPSA) is 61.4 Å². The molecule has 0 radical (unpaired) electrons. The van der Waals surface area contributed by atoms with Gasteiger partial charge in [0.15, 0.2) is 0 Å². The zero-order valence-electron chi connectivity index (χ0n) is 10.6. The van der Waals surface area contributed by atoms with Gasteiger partial charge in [-0.05, 0) is 26.6 Å². The minimum atomic E-state index is -3.10. The monoisotopic (exact) mass is 251 g/mol. The van der Waals surface area contributed by atoms with Gasteiger partial charge in [-0.2, -0.15) is 0 Å². The van der Waals surface area contributed by atoms with Gasteiger partial charge in [0.25, 0.3) is 0 Å². The van der Waals surface area contributed by atoms with Crippen LogP contribution in [0, 0.1) is 0 Å². The Morgan fingerprint density at radius 2 is 1.81 bits per heavy atom. The first-order valence-corrected chi connectivity index (χ1v) is 7.55. The lowest BCUT2D eigenvalue weighted by Crippen LogP contribution is -2.37. The maximum atomic E-state index is 11.4. The molecule has 0 atom stereocenters. The predicted octanol–water partition coefficient (Wildman–Crippen LogP) is -0.143. The molecule has 0 heterocycles. The van der Waals surface area contributed by atoms with E-state index in [0.717, 1.165) is 26.1 Å². The molecular weight excluding hydrogens is 226 g/mol. The molecule has 16 heavy (non-hydrogen) atoms. The molecule has 0 aromatic rings. The summed E-state index contributed by atoms with van der Waals surface area (Å²) in [4.78, 5) is 2.24. The van der Waals surface area contributed by atoms with Gasteiger partial charge in [0.05, 0.1) is 5.75 Å². The van der Waals surface area contributed by atoms with Crippen LogP contribution in [0.5, 0.6) is 0 Å². The quantitative estimate of drug-likeness (QED) is 0.567. The summed E-state index contributed by atoms with van der Waals surface area (Å²) in [5, 5.41) is 2.82. The van der Waals surface area contributed by atoms with Gasteiger partial charge < -0.3 is 10.2 Å². The SMILES string of the molecule is CCCN(CC)CCNS(=O)(=O)CCNC. The highest BCUT2D eigenvalue weighted by Crippen LogP contribution is 1.90. The van der Waals surface area contributed by atoms with Gasteiger partial charge in [-0.15, -0.1) is 0 Å². The molecule has 0 aliphatic rings. The van der Waals surface area contributed by atoms with Gasteiger partial charge in [-0.25, -0.2) is 13.1 Å². The van der Waals surface area contributed by atoms with Crippen LogP contribution < -0.4 is 10.0 Å². The van der Waals surface area contributed by atoms with Crippen LogP contribution in [0.4, 0.5) is 0 Å². The fourth-order valence-electron chi connectivity index (χ4n) is 1.41. The van der Waals surface area contributed by atoms with Crippen LogP contribution in [0.25, 0.3) is 0 Å². The molecule has 2 N–H and O–H groups in total. The van der Waals surface area contributed by atoms with Gasteiger partial charge >= 0.3 is 0 Å². The standard InChI is InChI=1S/C10H25N3O2S/c1-4-8-13(5-2)9-6-12-16(14,15)10-7-11-3/h11-12H,4-10H2,1-3H3. The van der Waals surface area contributed by atoms with E-state index in [1.807, 2.05) is 0 Å². The Hall–Kier alpha value is -0.170. The van der Waals surface area contributed by atoms with Gasteiger partial charge in [-0.1, -0.05) is 13.8 Å². The summed E-state index contributed by atoms with van der Waals surface area (Å²) >= 11 is 0. The molecule has 5 nitrogen and oxygen atoms in total. The molecule has 0 fully saturated rings. The molecule has 0 aliphatic heterocycles. The van der Waals surface area contributed by atoms with E-state index in [9.17, 15) is 8.42 Å². The summed E-state index contributed by atoms with van der Waals surface area (Å²) < 4.78 is 25.5. The molecule has 98 valence electrons. The van der Waals surface area contributed by atoms with E-state index in [1.165, 1.54) is 0 Å². The summed E-state index contributed by atoms with van der Waals surface area (Å²) in [7, 11) is -1.36. The Balaban J connectivity index is 3.78. The molecule has 0 saturated heterocycles. The van der Waals surface area contributed by atoms with Crippen molar-refractivity contribution in [1.82, 2.24) is 14.9 Å². The summed E-state index contributed by atoms with van der Waals surface area (Å²) in [6, 6.07) is 0. The highest BCUT2D eigenvalue weighted by molar-refractivity contribution is 7.89. The van der Waals surface area contributed by atoms with E-state index in [2.05, 4.69) is 28.8 Å². The summed E-state index contributed by atoms with van der Waals surface area (Å²) in [5.41, 5.74) is 0. The Kier molecular flexibility index (Phi) is 8.83. The first-order valence-electron chi connectivity index (χ1n) is 5.90. The van der Waals surface area contributed by atoms with Crippen LogP contribution in [0.3, 0.4) is 0 Å². The van der Waals surface area contributed by atoms with E-state index in [0.29, 0.717) is 13.1 Å².